The van der Waals surface area contributed by atoms with E-state index in [1.807, 2.05) is 5.38 Å². The lowest BCUT2D eigenvalue weighted by Gasteiger charge is -2.14. The van der Waals surface area contributed by atoms with Crippen molar-refractivity contribution in [2.24, 2.45) is 0 Å². The molecule has 4 nitrogen and oxygen atoms in total. The maximum absolute atomic E-state index is 5.79. The molecule has 0 saturated heterocycles. The molecule has 0 aliphatic rings. The van der Waals surface area contributed by atoms with Gasteiger partial charge in [-0.3, -0.25) is 0 Å². The molecule has 6 heteroatoms. The molecule has 2 rings (SSSR count). The topological polar surface area (TPSA) is 50.7 Å². The van der Waals surface area contributed by atoms with Crippen LogP contribution in [-0.4, -0.2) is 15.0 Å². The van der Waals surface area contributed by atoms with E-state index >= 15 is 0 Å². The number of nitrogens with zero attached hydrogens (tertiary/aromatic N) is 3. The fourth-order valence-corrected chi connectivity index (χ4v) is 2.26. The molecule has 1 unspecified atom stereocenters. The zero-order valence-corrected chi connectivity index (χ0v) is 10.3. The number of thiazole rings is 1. The Labute approximate surface area is 103 Å². The SMILES string of the molecule is CCC(Nc1cc(Cl)ncn1)c1nccs1. The summed E-state index contributed by atoms with van der Waals surface area (Å²) < 4.78 is 0. The van der Waals surface area contributed by atoms with Gasteiger partial charge in [0.05, 0.1) is 6.04 Å². The smallest absolute Gasteiger partial charge is 0.134 e. The average molecular weight is 255 g/mol. The first-order chi connectivity index (χ1) is 7.79. The van der Waals surface area contributed by atoms with Crippen molar-refractivity contribution < 1.29 is 0 Å². The molecule has 1 atom stereocenters. The van der Waals surface area contributed by atoms with Gasteiger partial charge in [-0.1, -0.05) is 18.5 Å². The summed E-state index contributed by atoms with van der Waals surface area (Å²) >= 11 is 7.42. The molecule has 84 valence electrons. The van der Waals surface area contributed by atoms with Crippen molar-refractivity contribution >= 4 is 28.8 Å². The Balaban J connectivity index is 2.13. The van der Waals surface area contributed by atoms with E-state index in [9.17, 15) is 0 Å². The molecule has 0 aliphatic carbocycles. The highest BCUT2D eigenvalue weighted by molar-refractivity contribution is 7.09. The fourth-order valence-electron chi connectivity index (χ4n) is 1.34. The Morgan fingerprint density at radius 3 is 2.94 bits per heavy atom. The van der Waals surface area contributed by atoms with Crippen molar-refractivity contribution in [2.75, 3.05) is 5.32 Å². The predicted molar refractivity (Wildman–Crippen MR) is 65.8 cm³/mol. The van der Waals surface area contributed by atoms with E-state index < -0.39 is 0 Å². The maximum Gasteiger partial charge on any atom is 0.134 e. The molecule has 0 radical (unpaired) electrons. The van der Waals surface area contributed by atoms with E-state index in [1.165, 1.54) is 6.33 Å². The molecule has 0 aromatic carbocycles. The summed E-state index contributed by atoms with van der Waals surface area (Å²) in [7, 11) is 0. The minimum Gasteiger partial charge on any atom is -0.361 e. The van der Waals surface area contributed by atoms with Crippen molar-refractivity contribution in [1.82, 2.24) is 15.0 Å². The van der Waals surface area contributed by atoms with Crippen molar-refractivity contribution in [2.45, 2.75) is 19.4 Å². The zero-order chi connectivity index (χ0) is 11.4. The number of hydrogen-bond acceptors (Lipinski definition) is 5. The molecular weight excluding hydrogens is 244 g/mol. The van der Waals surface area contributed by atoms with E-state index in [0.717, 1.165) is 17.2 Å². The van der Waals surface area contributed by atoms with Gasteiger partial charge in [0.25, 0.3) is 0 Å². The predicted octanol–water partition coefficient (Wildman–Crippen LogP) is 3.15. The molecule has 0 fully saturated rings. The van der Waals surface area contributed by atoms with Gasteiger partial charge in [0.1, 0.15) is 22.3 Å². The standard InChI is InChI=1S/C10H11ClN4S/c1-2-7(10-12-3-4-16-10)15-9-5-8(11)13-6-14-9/h3-7H,2H2,1H3,(H,13,14,15). The number of rotatable bonds is 4. The molecule has 0 bridgehead atoms. The summed E-state index contributed by atoms with van der Waals surface area (Å²) in [6.07, 6.45) is 4.19. The van der Waals surface area contributed by atoms with Crippen LogP contribution in [0, 0.1) is 0 Å². The highest BCUT2D eigenvalue weighted by atomic mass is 35.5. The van der Waals surface area contributed by atoms with Gasteiger partial charge in [-0.2, -0.15) is 0 Å². The molecule has 2 aromatic heterocycles. The minimum atomic E-state index is 0.172. The summed E-state index contributed by atoms with van der Waals surface area (Å²) in [4.78, 5) is 12.2. The first-order valence-electron chi connectivity index (χ1n) is 4.93. The molecule has 0 saturated carbocycles. The summed E-state index contributed by atoms with van der Waals surface area (Å²) in [5, 5.41) is 6.74. The second-order valence-electron chi connectivity index (χ2n) is 3.20. The summed E-state index contributed by atoms with van der Waals surface area (Å²) in [5.74, 6) is 0.724. The second-order valence-corrected chi connectivity index (χ2v) is 4.51. The molecule has 0 spiro atoms. The van der Waals surface area contributed by atoms with E-state index in [2.05, 4.69) is 27.2 Å². The third kappa shape index (κ3) is 2.68. The van der Waals surface area contributed by atoms with E-state index in [4.69, 9.17) is 11.6 Å². The fraction of sp³-hybridized carbons (Fsp3) is 0.300. The summed E-state index contributed by atoms with van der Waals surface area (Å²) in [6.45, 7) is 2.10. The summed E-state index contributed by atoms with van der Waals surface area (Å²) in [6, 6.07) is 1.88. The third-order valence-corrected chi connectivity index (χ3v) is 3.21. The molecule has 0 amide bonds. The average Bonchev–Trinajstić information content (AvgIpc) is 2.79. The minimum absolute atomic E-state index is 0.172. The van der Waals surface area contributed by atoms with Crippen molar-refractivity contribution in [1.29, 1.82) is 0 Å². The van der Waals surface area contributed by atoms with Crippen molar-refractivity contribution in [3.8, 4) is 0 Å². The molecule has 1 N–H and O–H groups in total. The molecule has 16 heavy (non-hydrogen) atoms. The van der Waals surface area contributed by atoms with Crippen LogP contribution < -0.4 is 5.32 Å². The Morgan fingerprint density at radius 1 is 1.44 bits per heavy atom. The van der Waals surface area contributed by atoms with Crippen LogP contribution in [0.1, 0.15) is 24.4 Å². The van der Waals surface area contributed by atoms with Crippen LogP contribution >= 0.6 is 22.9 Å². The normalized spacial score (nSPS) is 12.4. The van der Waals surface area contributed by atoms with Crippen LogP contribution in [0.25, 0.3) is 0 Å². The molecule has 2 heterocycles. The largest absolute Gasteiger partial charge is 0.361 e. The van der Waals surface area contributed by atoms with Crippen molar-refractivity contribution in [3.05, 3.63) is 34.1 Å². The van der Waals surface area contributed by atoms with E-state index in [-0.39, 0.29) is 6.04 Å². The lowest BCUT2D eigenvalue weighted by molar-refractivity contribution is 0.737. The van der Waals surface area contributed by atoms with Gasteiger partial charge in [0.15, 0.2) is 0 Å². The Morgan fingerprint density at radius 2 is 2.31 bits per heavy atom. The number of halogens is 1. The van der Waals surface area contributed by atoms with Gasteiger partial charge in [-0.05, 0) is 6.42 Å². The van der Waals surface area contributed by atoms with Crippen LogP contribution in [0.3, 0.4) is 0 Å². The van der Waals surface area contributed by atoms with Crippen LogP contribution in [0.5, 0.6) is 0 Å². The van der Waals surface area contributed by atoms with Gasteiger partial charge in [0, 0.05) is 17.6 Å². The first kappa shape index (κ1) is 11.3. The van der Waals surface area contributed by atoms with E-state index in [0.29, 0.717) is 5.15 Å². The monoisotopic (exact) mass is 254 g/mol. The number of hydrogen-bond donors (Lipinski definition) is 1. The summed E-state index contributed by atoms with van der Waals surface area (Å²) in [5.41, 5.74) is 0. The molecule has 0 aliphatic heterocycles. The lowest BCUT2D eigenvalue weighted by atomic mass is 10.2. The zero-order valence-electron chi connectivity index (χ0n) is 8.72. The van der Waals surface area contributed by atoms with Gasteiger partial charge >= 0.3 is 0 Å². The van der Waals surface area contributed by atoms with Crippen LogP contribution in [0.2, 0.25) is 5.15 Å². The first-order valence-corrected chi connectivity index (χ1v) is 6.19. The molecule has 2 aromatic rings. The number of nitrogens with one attached hydrogen (secondary N) is 1. The van der Waals surface area contributed by atoms with Crippen molar-refractivity contribution in [3.63, 3.8) is 0 Å². The quantitative estimate of drug-likeness (QED) is 0.852. The second kappa shape index (κ2) is 5.23. The van der Waals surface area contributed by atoms with Crippen LogP contribution in [-0.2, 0) is 0 Å². The maximum atomic E-state index is 5.79. The number of aromatic nitrogens is 3. The van der Waals surface area contributed by atoms with Gasteiger partial charge in [-0.25, -0.2) is 15.0 Å². The van der Waals surface area contributed by atoms with Gasteiger partial charge < -0.3 is 5.32 Å². The number of anilines is 1. The molecular formula is C10H11ClN4S. The Bertz CT molecular complexity index is 446. The van der Waals surface area contributed by atoms with Crippen LogP contribution in [0.4, 0.5) is 5.82 Å². The Kier molecular flexibility index (Phi) is 3.69. The Hall–Kier alpha value is -1.20. The van der Waals surface area contributed by atoms with E-state index in [1.54, 1.807) is 23.6 Å². The highest BCUT2D eigenvalue weighted by Crippen LogP contribution is 2.23. The van der Waals surface area contributed by atoms with Crippen LogP contribution in [0.15, 0.2) is 24.0 Å². The van der Waals surface area contributed by atoms with Gasteiger partial charge in [0.2, 0.25) is 0 Å². The lowest BCUT2D eigenvalue weighted by Crippen LogP contribution is -2.10. The highest BCUT2D eigenvalue weighted by Gasteiger charge is 2.12. The van der Waals surface area contributed by atoms with Gasteiger partial charge in [-0.15, -0.1) is 11.3 Å². The third-order valence-electron chi connectivity index (χ3n) is 2.11.